The van der Waals surface area contributed by atoms with E-state index in [9.17, 15) is 4.79 Å². The molecule has 5 nitrogen and oxygen atoms in total. The number of unbranched alkanes of at least 4 members (excludes halogenated alkanes) is 1. The molecule has 0 aliphatic rings. The number of hydrogen-bond donors (Lipinski definition) is 2. The van der Waals surface area contributed by atoms with Crippen molar-refractivity contribution in [1.29, 1.82) is 0 Å². The second kappa shape index (κ2) is 8.27. The van der Waals surface area contributed by atoms with Crippen LogP contribution >= 0.6 is 0 Å². The van der Waals surface area contributed by atoms with E-state index in [2.05, 4.69) is 46.6 Å². The highest BCUT2D eigenvalue weighted by Crippen LogP contribution is 2.12. The zero-order chi connectivity index (χ0) is 16.7. The van der Waals surface area contributed by atoms with Crippen molar-refractivity contribution in [3.05, 3.63) is 53.0 Å². The first-order chi connectivity index (χ1) is 11.1. The third-order valence-electron chi connectivity index (χ3n) is 3.61. The van der Waals surface area contributed by atoms with Crippen LogP contribution in [-0.4, -0.2) is 22.4 Å². The third kappa shape index (κ3) is 5.06. The predicted octanol–water partition coefficient (Wildman–Crippen LogP) is 3.24. The molecule has 1 aromatic heterocycles. The summed E-state index contributed by atoms with van der Waals surface area (Å²) in [4.78, 5) is 20.7. The average molecular weight is 312 g/mol. The van der Waals surface area contributed by atoms with Crippen molar-refractivity contribution < 1.29 is 4.79 Å². The molecule has 23 heavy (non-hydrogen) atoms. The van der Waals surface area contributed by atoms with Gasteiger partial charge in [0, 0.05) is 19.2 Å². The molecule has 0 aliphatic carbocycles. The number of aromatic nitrogens is 2. The second-order valence-corrected chi connectivity index (χ2v) is 5.58. The molecule has 122 valence electrons. The van der Waals surface area contributed by atoms with Crippen molar-refractivity contribution in [2.24, 2.45) is 0 Å². The quantitative estimate of drug-likeness (QED) is 0.770. The van der Waals surface area contributed by atoms with Crippen LogP contribution in [0.5, 0.6) is 0 Å². The summed E-state index contributed by atoms with van der Waals surface area (Å²) in [6, 6.07) is 9.89. The van der Waals surface area contributed by atoms with Crippen molar-refractivity contribution in [2.45, 2.75) is 40.2 Å². The fourth-order valence-electron chi connectivity index (χ4n) is 2.24. The van der Waals surface area contributed by atoms with Crippen molar-refractivity contribution in [3.8, 4) is 0 Å². The van der Waals surface area contributed by atoms with Gasteiger partial charge < -0.3 is 10.6 Å². The van der Waals surface area contributed by atoms with E-state index in [0.29, 0.717) is 30.4 Å². The molecule has 2 aromatic rings. The van der Waals surface area contributed by atoms with Crippen LogP contribution in [0.25, 0.3) is 0 Å². The van der Waals surface area contributed by atoms with Crippen molar-refractivity contribution in [2.75, 3.05) is 11.9 Å². The van der Waals surface area contributed by atoms with E-state index in [1.54, 1.807) is 13.0 Å². The van der Waals surface area contributed by atoms with Gasteiger partial charge >= 0.3 is 0 Å². The topological polar surface area (TPSA) is 66.9 Å². The number of carbonyl (C=O) groups excluding carboxylic acids is 1. The normalized spacial score (nSPS) is 10.4. The molecule has 2 N–H and O–H groups in total. The first-order valence-corrected chi connectivity index (χ1v) is 8.02. The molecular formula is C18H24N4O. The van der Waals surface area contributed by atoms with Gasteiger partial charge in [0.15, 0.2) is 0 Å². The van der Waals surface area contributed by atoms with Gasteiger partial charge in [-0.3, -0.25) is 4.79 Å². The lowest BCUT2D eigenvalue weighted by atomic mass is 10.1. The molecule has 5 heteroatoms. The molecule has 1 aromatic carbocycles. The number of hydrogen-bond acceptors (Lipinski definition) is 4. The van der Waals surface area contributed by atoms with Gasteiger partial charge in [-0.1, -0.05) is 37.6 Å². The van der Waals surface area contributed by atoms with E-state index in [0.717, 1.165) is 12.8 Å². The van der Waals surface area contributed by atoms with Crippen LogP contribution in [0.4, 0.5) is 5.82 Å². The van der Waals surface area contributed by atoms with Gasteiger partial charge in [0.05, 0.1) is 0 Å². The Morgan fingerprint density at radius 1 is 1.17 bits per heavy atom. The Bertz CT molecular complexity index is 670. The Labute approximate surface area is 137 Å². The monoisotopic (exact) mass is 312 g/mol. The van der Waals surface area contributed by atoms with E-state index in [1.165, 1.54) is 11.1 Å². The smallest absolute Gasteiger partial charge is 0.270 e. The van der Waals surface area contributed by atoms with E-state index in [-0.39, 0.29) is 5.91 Å². The highest BCUT2D eigenvalue weighted by Gasteiger charge is 2.10. The highest BCUT2D eigenvalue weighted by atomic mass is 16.1. The van der Waals surface area contributed by atoms with Gasteiger partial charge in [-0.25, -0.2) is 9.97 Å². The van der Waals surface area contributed by atoms with Crippen LogP contribution in [0.1, 0.15) is 47.2 Å². The minimum absolute atomic E-state index is 0.150. The Balaban J connectivity index is 2.05. The maximum Gasteiger partial charge on any atom is 0.270 e. The van der Waals surface area contributed by atoms with Crippen LogP contribution in [-0.2, 0) is 6.54 Å². The lowest BCUT2D eigenvalue weighted by Crippen LogP contribution is -2.25. The first-order valence-electron chi connectivity index (χ1n) is 8.02. The zero-order valence-corrected chi connectivity index (χ0v) is 14.0. The Kier molecular flexibility index (Phi) is 6.09. The Hall–Kier alpha value is -2.43. The lowest BCUT2D eigenvalue weighted by Gasteiger charge is -2.10. The minimum atomic E-state index is -0.150. The average Bonchev–Trinajstić information content (AvgIpc) is 2.54. The fourth-order valence-corrected chi connectivity index (χ4v) is 2.24. The largest absolute Gasteiger partial charge is 0.366 e. The molecule has 0 aliphatic heterocycles. The summed E-state index contributed by atoms with van der Waals surface area (Å²) in [5.41, 5.74) is 2.84. The standard InChI is InChI=1S/C18H24N4O/c1-4-5-10-19-18(23)16-11-17(22-14(3)21-16)20-12-15-9-7-6-8-13(15)2/h6-9,11H,4-5,10,12H2,1-3H3,(H,19,23)(H,20,21,22). The summed E-state index contributed by atoms with van der Waals surface area (Å²) in [7, 11) is 0. The summed E-state index contributed by atoms with van der Waals surface area (Å²) < 4.78 is 0. The SMILES string of the molecule is CCCCNC(=O)c1cc(NCc2ccccc2C)nc(C)n1. The van der Waals surface area contributed by atoms with Crippen LogP contribution in [0.3, 0.4) is 0 Å². The van der Waals surface area contributed by atoms with Crippen LogP contribution < -0.4 is 10.6 Å². The Morgan fingerprint density at radius 2 is 1.96 bits per heavy atom. The van der Waals surface area contributed by atoms with Crippen molar-refractivity contribution in [1.82, 2.24) is 15.3 Å². The number of aryl methyl sites for hydroxylation is 2. The summed E-state index contributed by atoms with van der Waals surface area (Å²) >= 11 is 0. The van der Waals surface area contributed by atoms with Gasteiger partial charge in [0.1, 0.15) is 17.3 Å². The van der Waals surface area contributed by atoms with Crippen LogP contribution in [0.15, 0.2) is 30.3 Å². The van der Waals surface area contributed by atoms with Crippen LogP contribution in [0.2, 0.25) is 0 Å². The van der Waals surface area contributed by atoms with Gasteiger partial charge in [-0.05, 0) is 31.4 Å². The number of rotatable bonds is 7. The number of nitrogens with zero attached hydrogens (tertiary/aromatic N) is 2. The van der Waals surface area contributed by atoms with E-state index in [4.69, 9.17) is 0 Å². The van der Waals surface area contributed by atoms with Crippen molar-refractivity contribution in [3.63, 3.8) is 0 Å². The number of benzene rings is 1. The first kappa shape index (κ1) is 16.9. The molecule has 0 saturated heterocycles. The maximum atomic E-state index is 12.1. The third-order valence-corrected chi connectivity index (χ3v) is 3.61. The molecular weight excluding hydrogens is 288 g/mol. The fraction of sp³-hybridized carbons (Fsp3) is 0.389. The van der Waals surface area contributed by atoms with E-state index < -0.39 is 0 Å². The predicted molar refractivity (Wildman–Crippen MR) is 92.5 cm³/mol. The molecule has 1 heterocycles. The molecule has 0 fully saturated rings. The molecule has 0 spiro atoms. The molecule has 0 saturated carbocycles. The van der Waals surface area contributed by atoms with Crippen LogP contribution in [0, 0.1) is 13.8 Å². The van der Waals surface area contributed by atoms with E-state index in [1.807, 2.05) is 12.1 Å². The zero-order valence-electron chi connectivity index (χ0n) is 14.0. The minimum Gasteiger partial charge on any atom is -0.366 e. The molecule has 2 rings (SSSR count). The van der Waals surface area contributed by atoms with E-state index >= 15 is 0 Å². The molecule has 0 radical (unpaired) electrons. The van der Waals surface area contributed by atoms with Crippen molar-refractivity contribution >= 4 is 11.7 Å². The Morgan fingerprint density at radius 3 is 2.70 bits per heavy atom. The molecule has 0 unspecified atom stereocenters. The van der Waals surface area contributed by atoms with Gasteiger partial charge in [0.25, 0.3) is 5.91 Å². The number of nitrogens with one attached hydrogen (secondary N) is 2. The van der Waals surface area contributed by atoms with Gasteiger partial charge in [-0.2, -0.15) is 0 Å². The lowest BCUT2D eigenvalue weighted by molar-refractivity contribution is 0.0948. The molecule has 1 amide bonds. The summed E-state index contributed by atoms with van der Waals surface area (Å²) in [5.74, 6) is 1.10. The van der Waals surface area contributed by atoms with Gasteiger partial charge in [-0.15, -0.1) is 0 Å². The summed E-state index contributed by atoms with van der Waals surface area (Å²) in [6.45, 7) is 7.30. The molecule has 0 atom stereocenters. The number of amides is 1. The van der Waals surface area contributed by atoms with Gasteiger partial charge in [0.2, 0.25) is 0 Å². The molecule has 0 bridgehead atoms. The summed E-state index contributed by atoms with van der Waals surface area (Å²) in [6.07, 6.45) is 2.01. The maximum absolute atomic E-state index is 12.1. The number of anilines is 1. The summed E-state index contributed by atoms with van der Waals surface area (Å²) in [5, 5.41) is 6.15. The second-order valence-electron chi connectivity index (χ2n) is 5.58. The highest BCUT2D eigenvalue weighted by molar-refractivity contribution is 5.92. The number of carbonyl (C=O) groups is 1.